The topological polar surface area (TPSA) is 74.5 Å². The van der Waals surface area contributed by atoms with Crippen LogP contribution < -0.4 is 5.73 Å². The molecule has 0 atom stereocenters. The second kappa shape index (κ2) is 4.14. The van der Waals surface area contributed by atoms with Crippen LogP contribution in [0.5, 0.6) is 0 Å². The highest BCUT2D eigenvalue weighted by Crippen LogP contribution is 2.16. The number of hydrogen-bond donors (Lipinski definition) is 1. The molecule has 3 heterocycles. The summed E-state index contributed by atoms with van der Waals surface area (Å²) in [5, 5.41) is 4.25. The molecule has 0 amide bonds. The van der Waals surface area contributed by atoms with Crippen molar-refractivity contribution in [3.8, 4) is 0 Å². The molecule has 2 N–H and O–H groups in total. The van der Waals surface area contributed by atoms with Crippen LogP contribution in [0.15, 0.2) is 30.9 Å². The molecule has 3 aromatic heterocycles. The van der Waals surface area contributed by atoms with Gasteiger partial charge in [0.2, 0.25) is 5.95 Å². The highest BCUT2D eigenvalue weighted by molar-refractivity contribution is 5.76. The predicted molar refractivity (Wildman–Crippen MR) is 68.9 cm³/mol. The SMILES string of the molecule is Cc1cnn(CCn2c(N)nc3cnccc32)c1. The van der Waals surface area contributed by atoms with Crippen molar-refractivity contribution in [2.45, 2.75) is 20.0 Å². The van der Waals surface area contributed by atoms with Gasteiger partial charge >= 0.3 is 0 Å². The lowest BCUT2D eigenvalue weighted by molar-refractivity contribution is 0.544. The Labute approximate surface area is 104 Å². The molecule has 3 rings (SSSR count). The zero-order valence-electron chi connectivity index (χ0n) is 10.1. The molecule has 0 bridgehead atoms. The third kappa shape index (κ3) is 1.81. The summed E-state index contributed by atoms with van der Waals surface area (Å²) in [5.74, 6) is 0.516. The van der Waals surface area contributed by atoms with Gasteiger partial charge in [-0.3, -0.25) is 9.67 Å². The van der Waals surface area contributed by atoms with Crippen LogP contribution in [0.25, 0.3) is 11.0 Å². The summed E-state index contributed by atoms with van der Waals surface area (Å²) >= 11 is 0. The van der Waals surface area contributed by atoms with Crippen molar-refractivity contribution in [2.75, 3.05) is 5.73 Å². The fourth-order valence-electron chi connectivity index (χ4n) is 2.03. The number of nitrogen functional groups attached to an aromatic ring is 1. The smallest absolute Gasteiger partial charge is 0.201 e. The largest absolute Gasteiger partial charge is 0.369 e. The van der Waals surface area contributed by atoms with Crippen LogP contribution in [-0.4, -0.2) is 24.3 Å². The maximum absolute atomic E-state index is 5.92. The maximum atomic E-state index is 5.92. The Bertz CT molecular complexity index is 681. The number of imidazole rings is 1. The summed E-state index contributed by atoms with van der Waals surface area (Å²) in [6.45, 7) is 3.54. The lowest BCUT2D eigenvalue weighted by Gasteiger charge is -2.06. The van der Waals surface area contributed by atoms with Gasteiger partial charge in [0.05, 0.1) is 24.5 Å². The van der Waals surface area contributed by atoms with Crippen LogP contribution in [0.4, 0.5) is 5.95 Å². The van der Waals surface area contributed by atoms with Crippen molar-refractivity contribution < 1.29 is 0 Å². The maximum Gasteiger partial charge on any atom is 0.201 e. The standard InChI is InChI=1S/C12H14N6/c1-9-6-15-17(8-9)4-5-18-11-2-3-14-7-10(11)16-12(18)13/h2-3,6-8H,4-5H2,1H3,(H2,13,16). The third-order valence-corrected chi connectivity index (χ3v) is 2.90. The van der Waals surface area contributed by atoms with Gasteiger partial charge in [-0.15, -0.1) is 0 Å². The molecule has 0 aliphatic rings. The first-order valence-electron chi connectivity index (χ1n) is 5.79. The minimum absolute atomic E-state index is 0.516. The number of aromatic nitrogens is 5. The molecule has 0 saturated heterocycles. The quantitative estimate of drug-likeness (QED) is 0.749. The molecule has 0 aromatic carbocycles. The molecule has 0 fully saturated rings. The summed E-state index contributed by atoms with van der Waals surface area (Å²) in [7, 11) is 0. The van der Waals surface area contributed by atoms with Crippen molar-refractivity contribution in [1.82, 2.24) is 24.3 Å². The van der Waals surface area contributed by atoms with Crippen LogP contribution in [-0.2, 0) is 13.1 Å². The molecular formula is C12H14N6. The molecule has 0 spiro atoms. The minimum Gasteiger partial charge on any atom is -0.369 e. The number of pyridine rings is 1. The first kappa shape index (κ1) is 10.8. The number of nitrogens with two attached hydrogens (primary N) is 1. The van der Waals surface area contributed by atoms with Crippen molar-refractivity contribution >= 4 is 17.0 Å². The Morgan fingerprint density at radius 2 is 2.17 bits per heavy atom. The number of hydrogen-bond acceptors (Lipinski definition) is 4. The van der Waals surface area contributed by atoms with Crippen molar-refractivity contribution in [1.29, 1.82) is 0 Å². The second-order valence-electron chi connectivity index (χ2n) is 4.27. The lowest BCUT2D eigenvalue weighted by Crippen LogP contribution is -2.10. The van der Waals surface area contributed by atoms with Crippen LogP contribution in [0, 0.1) is 6.92 Å². The normalized spacial score (nSPS) is 11.2. The van der Waals surface area contributed by atoms with Gasteiger partial charge in [0.25, 0.3) is 0 Å². The van der Waals surface area contributed by atoms with Crippen LogP contribution >= 0.6 is 0 Å². The average Bonchev–Trinajstić information content (AvgIpc) is 2.90. The van der Waals surface area contributed by atoms with E-state index in [0.717, 1.165) is 29.7 Å². The van der Waals surface area contributed by atoms with E-state index < -0.39 is 0 Å². The third-order valence-electron chi connectivity index (χ3n) is 2.90. The van der Waals surface area contributed by atoms with Crippen LogP contribution in [0.3, 0.4) is 0 Å². The lowest BCUT2D eigenvalue weighted by atomic mass is 10.4. The van der Waals surface area contributed by atoms with Gasteiger partial charge in [-0.25, -0.2) is 4.98 Å². The number of anilines is 1. The zero-order valence-corrected chi connectivity index (χ0v) is 10.1. The first-order valence-corrected chi connectivity index (χ1v) is 5.79. The average molecular weight is 242 g/mol. The molecule has 0 aliphatic heterocycles. The number of aryl methyl sites for hydroxylation is 3. The van der Waals surface area contributed by atoms with E-state index in [0.29, 0.717) is 5.95 Å². The Balaban J connectivity index is 1.88. The van der Waals surface area contributed by atoms with Gasteiger partial charge in [-0.2, -0.15) is 5.10 Å². The summed E-state index contributed by atoms with van der Waals surface area (Å²) in [6, 6.07) is 1.92. The van der Waals surface area contributed by atoms with E-state index in [9.17, 15) is 0 Å². The molecule has 6 heteroatoms. The predicted octanol–water partition coefficient (Wildman–Crippen LogP) is 1.22. The zero-order chi connectivity index (χ0) is 12.5. The Morgan fingerprint density at radius 1 is 1.28 bits per heavy atom. The van der Waals surface area contributed by atoms with E-state index >= 15 is 0 Å². The summed E-state index contributed by atoms with van der Waals surface area (Å²) in [5.41, 5.74) is 8.90. The highest BCUT2D eigenvalue weighted by Gasteiger charge is 2.07. The Morgan fingerprint density at radius 3 is 2.94 bits per heavy atom. The fourth-order valence-corrected chi connectivity index (χ4v) is 2.03. The molecule has 18 heavy (non-hydrogen) atoms. The molecule has 0 saturated carbocycles. The monoisotopic (exact) mass is 242 g/mol. The molecule has 0 aliphatic carbocycles. The van der Waals surface area contributed by atoms with Gasteiger partial charge in [-0.1, -0.05) is 0 Å². The molecule has 3 aromatic rings. The van der Waals surface area contributed by atoms with Gasteiger partial charge in [0.15, 0.2) is 0 Å². The van der Waals surface area contributed by atoms with Gasteiger partial charge in [0, 0.05) is 18.9 Å². The van der Waals surface area contributed by atoms with Gasteiger partial charge in [-0.05, 0) is 18.6 Å². The van der Waals surface area contributed by atoms with E-state index in [1.54, 1.807) is 12.4 Å². The highest BCUT2D eigenvalue weighted by atomic mass is 15.3. The van der Waals surface area contributed by atoms with Crippen LogP contribution in [0.2, 0.25) is 0 Å². The molecule has 92 valence electrons. The van der Waals surface area contributed by atoms with Gasteiger partial charge in [0.1, 0.15) is 5.52 Å². The summed E-state index contributed by atoms with van der Waals surface area (Å²) in [4.78, 5) is 8.32. The van der Waals surface area contributed by atoms with E-state index in [2.05, 4.69) is 15.1 Å². The van der Waals surface area contributed by atoms with Crippen molar-refractivity contribution in [3.63, 3.8) is 0 Å². The first-order chi connectivity index (χ1) is 8.74. The molecule has 0 unspecified atom stereocenters. The van der Waals surface area contributed by atoms with Crippen molar-refractivity contribution in [2.24, 2.45) is 0 Å². The molecule has 6 nitrogen and oxygen atoms in total. The van der Waals surface area contributed by atoms with E-state index in [-0.39, 0.29) is 0 Å². The summed E-state index contributed by atoms with van der Waals surface area (Å²) in [6.07, 6.45) is 7.33. The van der Waals surface area contributed by atoms with E-state index in [1.165, 1.54) is 0 Å². The Kier molecular flexibility index (Phi) is 2.47. The summed E-state index contributed by atoms with van der Waals surface area (Å²) < 4.78 is 3.88. The van der Waals surface area contributed by atoms with Gasteiger partial charge < -0.3 is 10.3 Å². The number of nitrogens with zero attached hydrogens (tertiary/aromatic N) is 5. The number of rotatable bonds is 3. The van der Waals surface area contributed by atoms with E-state index in [1.807, 2.05) is 34.6 Å². The van der Waals surface area contributed by atoms with E-state index in [4.69, 9.17) is 5.73 Å². The Hall–Kier alpha value is -2.37. The van der Waals surface area contributed by atoms with Crippen molar-refractivity contribution in [3.05, 3.63) is 36.4 Å². The second-order valence-corrected chi connectivity index (χ2v) is 4.27. The number of fused-ring (bicyclic) bond motifs is 1. The minimum atomic E-state index is 0.516. The fraction of sp³-hybridized carbons (Fsp3) is 0.250. The van der Waals surface area contributed by atoms with Crippen LogP contribution in [0.1, 0.15) is 5.56 Å². The molecular weight excluding hydrogens is 228 g/mol. The molecule has 0 radical (unpaired) electrons.